The molecule has 0 fully saturated rings. The van der Waals surface area contributed by atoms with Crippen LogP contribution in [0.1, 0.15) is 16.1 Å². The molecular weight excluding hydrogens is 204 g/mol. The first kappa shape index (κ1) is 10.2. The molecule has 0 aliphatic carbocycles. The third-order valence-electron chi connectivity index (χ3n) is 1.30. The number of carboxylic acids is 1. The van der Waals surface area contributed by atoms with Crippen molar-refractivity contribution in [3.63, 3.8) is 0 Å². The topological polar surface area (TPSA) is 37.3 Å². The van der Waals surface area contributed by atoms with E-state index in [0.717, 1.165) is 10.6 Å². The molecule has 0 aliphatic rings. The van der Waals surface area contributed by atoms with Gasteiger partial charge in [-0.25, -0.2) is 4.79 Å². The van der Waals surface area contributed by atoms with E-state index in [9.17, 15) is 4.79 Å². The number of hydrogen-bond acceptors (Lipinski definition) is 3. The Balaban J connectivity index is 2.50. The summed E-state index contributed by atoms with van der Waals surface area (Å²) in [5, 5.41) is 10.5. The molecule has 0 unspecified atom stereocenters. The van der Waals surface area contributed by atoms with Crippen LogP contribution in [0.2, 0.25) is 0 Å². The molecule has 0 aliphatic heterocycles. The predicted octanol–water partition coefficient (Wildman–Crippen LogP) is 2.56. The largest absolute Gasteiger partial charge is 0.477 e. The average molecular weight is 212 g/mol. The molecule has 0 atom stereocenters. The maximum Gasteiger partial charge on any atom is 0.345 e. The zero-order valence-electron chi connectivity index (χ0n) is 6.82. The highest BCUT2D eigenvalue weighted by Gasteiger charge is 2.06. The van der Waals surface area contributed by atoms with Gasteiger partial charge in [-0.15, -0.1) is 35.4 Å². The first-order chi connectivity index (χ1) is 6.24. The zero-order chi connectivity index (χ0) is 9.68. The standard InChI is InChI=1S/C9H8O2S2/c1-2-3-4-12-7-5-8(9(10)11)13-6-7/h1,5-6H,3-4H2,(H,10,11). The van der Waals surface area contributed by atoms with Crippen LogP contribution in [0.25, 0.3) is 0 Å². The smallest absolute Gasteiger partial charge is 0.345 e. The van der Waals surface area contributed by atoms with Crippen molar-refractivity contribution in [2.45, 2.75) is 11.3 Å². The van der Waals surface area contributed by atoms with Crippen LogP contribution >= 0.6 is 23.1 Å². The van der Waals surface area contributed by atoms with Crippen molar-refractivity contribution in [2.24, 2.45) is 0 Å². The lowest BCUT2D eigenvalue weighted by Gasteiger charge is -1.91. The minimum absolute atomic E-state index is 0.378. The molecule has 0 saturated heterocycles. The summed E-state index contributed by atoms with van der Waals surface area (Å²) in [6.07, 6.45) is 5.80. The summed E-state index contributed by atoms with van der Waals surface area (Å²) < 4.78 is 0. The normalized spacial score (nSPS) is 9.46. The van der Waals surface area contributed by atoms with E-state index in [1.165, 1.54) is 11.3 Å². The highest BCUT2D eigenvalue weighted by molar-refractivity contribution is 7.99. The highest BCUT2D eigenvalue weighted by atomic mass is 32.2. The first-order valence-electron chi connectivity index (χ1n) is 3.62. The summed E-state index contributed by atoms with van der Waals surface area (Å²) in [4.78, 5) is 11.9. The summed E-state index contributed by atoms with van der Waals surface area (Å²) in [5.41, 5.74) is 0. The molecule has 1 heterocycles. The van der Waals surface area contributed by atoms with E-state index in [1.807, 2.05) is 5.38 Å². The third-order valence-corrected chi connectivity index (χ3v) is 3.35. The van der Waals surface area contributed by atoms with E-state index in [-0.39, 0.29) is 0 Å². The van der Waals surface area contributed by atoms with Gasteiger partial charge < -0.3 is 5.11 Å². The van der Waals surface area contributed by atoms with Crippen LogP contribution in [0.15, 0.2) is 16.3 Å². The zero-order valence-corrected chi connectivity index (χ0v) is 8.45. The van der Waals surface area contributed by atoms with Crippen molar-refractivity contribution in [1.82, 2.24) is 0 Å². The molecule has 1 aromatic rings. The van der Waals surface area contributed by atoms with E-state index >= 15 is 0 Å². The van der Waals surface area contributed by atoms with Crippen LogP contribution in [0.4, 0.5) is 0 Å². The summed E-state index contributed by atoms with van der Waals surface area (Å²) in [7, 11) is 0. The summed E-state index contributed by atoms with van der Waals surface area (Å²) in [6.45, 7) is 0. The summed E-state index contributed by atoms with van der Waals surface area (Å²) in [6, 6.07) is 1.67. The molecule has 1 aromatic heterocycles. The second-order valence-corrected chi connectivity index (χ2v) is 4.33. The number of hydrogen-bond donors (Lipinski definition) is 1. The average Bonchev–Trinajstić information content (AvgIpc) is 2.53. The van der Waals surface area contributed by atoms with Gasteiger partial charge >= 0.3 is 5.97 Å². The van der Waals surface area contributed by atoms with E-state index in [0.29, 0.717) is 11.3 Å². The Morgan fingerprint density at radius 2 is 2.54 bits per heavy atom. The van der Waals surface area contributed by atoms with E-state index in [1.54, 1.807) is 17.8 Å². The number of rotatable bonds is 4. The van der Waals surface area contributed by atoms with Gasteiger partial charge in [0.05, 0.1) is 0 Å². The number of thiophene rings is 1. The van der Waals surface area contributed by atoms with Crippen molar-refractivity contribution in [3.05, 3.63) is 16.3 Å². The maximum absolute atomic E-state index is 10.5. The number of carbonyl (C=O) groups is 1. The molecule has 0 aromatic carbocycles. The summed E-state index contributed by atoms with van der Waals surface area (Å²) >= 11 is 2.83. The molecule has 1 N–H and O–H groups in total. The van der Waals surface area contributed by atoms with Crippen molar-refractivity contribution in [3.8, 4) is 12.3 Å². The lowest BCUT2D eigenvalue weighted by molar-refractivity contribution is 0.0702. The second kappa shape index (κ2) is 4.95. The fraction of sp³-hybridized carbons (Fsp3) is 0.222. The molecular formula is C9H8O2S2. The molecule has 1 rings (SSSR count). The Hall–Kier alpha value is -0.920. The van der Waals surface area contributed by atoms with Crippen LogP contribution in [0.3, 0.4) is 0 Å². The van der Waals surface area contributed by atoms with Crippen molar-refractivity contribution >= 4 is 29.1 Å². The number of terminal acetylenes is 1. The maximum atomic E-state index is 10.5. The van der Waals surface area contributed by atoms with Gasteiger partial charge in [0.25, 0.3) is 0 Å². The van der Waals surface area contributed by atoms with E-state index < -0.39 is 5.97 Å². The Bertz CT molecular complexity index is 336. The predicted molar refractivity (Wildman–Crippen MR) is 55.5 cm³/mol. The van der Waals surface area contributed by atoms with Gasteiger partial charge in [0.1, 0.15) is 4.88 Å². The van der Waals surface area contributed by atoms with Crippen LogP contribution in [0.5, 0.6) is 0 Å². The fourth-order valence-electron chi connectivity index (χ4n) is 0.734. The second-order valence-electron chi connectivity index (χ2n) is 2.25. The molecule has 4 heteroatoms. The fourth-order valence-corrected chi connectivity index (χ4v) is 2.49. The molecule has 0 spiro atoms. The number of carboxylic acid groups (broad SMARTS) is 1. The van der Waals surface area contributed by atoms with Crippen LogP contribution in [-0.2, 0) is 0 Å². The Morgan fingerprint density at radius 1 is 1.77 bits per heavy atom. The van der Waals surface area contributed by atoms with Gasteiger partial charge in [-0.05, 0) is 6.07 Å². The van der Waals surface area contributed by atoms with Gasteiger partial charge in [0, 0.05) is 22.4 Å². The minimum atomic E-state index is -0.867. The van der Waals surface area contributed by atoms with Gasteiger partial charge in [0.2, 0.25) is 0 Å². The lowest BCUT2D eigenvalue weighted by atomic mass is 10.5. The van der Waals surface area contributed by atoms with Crippen molar-refractivity contribution in [1.29, 1.82) is 0 Å². The molecule has 0 amide bonds. The number of thioether (sulfide) groups is 1. The molecule has 0 bridgehead atoms. The Morgan fingerprint density at radius 3 is 3.08 bits per heavy atom. The number of aromatic carboxylic acids is 1. The Kier molecular flexibility index (Phi) is 3.87. The van der Waals surface area contributed by atoms with Crippen LogP contribution in [0, 0.1) is 12.3 Å². The van der Waals surface area contributed by atoms with Gasteiger partial charge in [0.15, 0.2) is 0 Å². The third kappa shape index (κ3) is 3.13. The summed E-state index contributed by atoms with van der Waals surface area (Å²) in [5.74, 6) is 2.51. The molecule has 0 saturated carbocycles. The van der Waals surface area contributed by atoms with Crippen LogP contribution < -0.4 is 0 Å². The van der Waals surface area contributed by atoms with E-state index in [4.69, 9.17) is 11.5 Å². The minimum Gasteiger partial charge on any atom is -0.477 e. The van der Waals surface area contributed by atoms with Gasteiger partial charge in [-0.1, -0.05) is 0 Å². The van der Waals surface area contributed by atoms with E-state index in [2.05, 4.69) is 5.92 Å². The quantitative estimate of drug-likeness (QED) is 0.473. The van der Waals surface area contributed by atoms with Crippen molar-refractivity contribution < 1.29 is 9.90 Å². The highest BCUT2D eigenvalue weighted by Crippen LogP contribution is 2.25. The molecule has 2 nitrogen and oxygen atoms in total. The Labute approximate surface area is 85.0 Å². The van der Waals surface area contributed by atoms with Crippen LogP contribution in [-0.4, -0.2) is 16.8 Å². The first-order valence-corrected chi connectivity index (χ1v) is 5.48. The van der Waals surface area contributed by atoms with Gasteiger partial charge in [-0.2, -0.15) is 0 Å². The van der Waals surface area contributed by atoms with Crippen molar-refractivity contribution in [2.75, 3.05) is 5.75 Å². The SMILES string of the molecule is C#CCCSc1csc(C(=O)O)c1. The molecule has 13 heavy (non-hydrogen) atoms. The molecule has 0 radical (unpaired) electrons. The monoisotopic (exact) mass is 212 g/mol. The molecule has 68 valence electrons. The van der Waals surface area contributed by atoms with Gasteiger partial charge in [-0.3, -0.25) is 0 Å². The lowest BCUT2D eigenvalue weighted by Crippen LogP contribution is -1.89.